The first-order valence-corrected chi connectivity index (χ1v) is 11.8. The van der Waals surface area contributed by atoms with E-state index >= 15 is 0 Å². The molecule has 3 rings (SSSR count). The molecule has 4 nitrogen and oxygen atoms in total. The first-order valence-electron chi connectivity index (χ1n) is 11.4. The van der Waals surface area contributed by atoms with Gasteiger partial charge in [-0.25, -0.2) is 0 Å². The Labute approximate surface area is 201 Å². The number of nitrogens with zero attached hydrogens (tertiary/aromatic N) is 1. The summed E-state index contributed by atoms with van der Waals surface area (Å²) in [5.41, 5.74) is 3.87. The van der Waals surface area contributed by atoms with E-state index in [9.17, 15) is 9.59 Å². The quantitative estimate of drug-likeness (QED) is 0.441. The number of aryl methyl sites for hydroxylation is 1. The Bertz CT molecular complexity index is 1070. The van der Waals surface area contributed by atoms with Gasteiger partial charge in [0.25, 0.3) is 0 Å². The summed E-state index contributed by atoms with van der Waals surface area (Å²) >= 11 is 6.35. The Morgan fingerprint density at radius 3 is 2.21 bits per heavy atom. The number of hydrogen-bond donors (Lipinski definition) is 1. The lowest BCUT2D eigenvalue weighted by molar-refractivity contribution is -0.140. The van der Waals surface area contributed by atoms with Gasteiger partial charge in [-0.15, -0.1) is 0 Å². The SMILES string of the molecule is CCCNC(=O)C(Cc1ccccc1)N(Cc1ccccc1C)C(=O)Cc1ccccc1Cl. The summed E-state index contributed by atoms with van der Waals surface area (Å²) in [7, 11) is 0. The second-order valence-corrected chi connectivity index (χ2v) is 8.62. The van der Waals surface area contributed by atoms with Gasteiger partial charge in [-0.1, -0.05) is 91.3 Å². The van der Waals surface area contributed by atoms with Crippen LogP contribution < -0.4 is 5.32 Å². The van der Waals surface area contributed by atoms with Crippen LogP contribution in [0, 0.1) is 6.92 Å². The third-order valence-electron chi connectivity index (χ3n) is 5.72. The highest BCUT2D eigenvalue weighted by Crippen LogP contribution is 2.21. The fourth-order valence-electron chi connectivity index (χ4n) is 3.80. The molecule has 0 bridgehead atoms. The molecule has 0 radical (unpaired) electrons. The molecule has 0 aliphatic rings. The molecular formula is C28H31ClN2O2. The first kappa shape index (κ1) is 24.5. The molecule has 0 heterocycles. The number of carbonyl (C=O) groups excluding carboxylic acids is 2. The number of benzene rings is 3. The zero-order valence-corrected chi connectivity index (χ0v) is 20.0. The zero-order chi connectivity index (χ0) is 23.6. The average Bonchev–Trinajstić information content (AvgIpc) is 2.83. The lowest BCUT2D eigenvalue weighted by Crippen LogP contribution is -2.51. The summed E-state index contributed by atoms with van der Waals surface area (Å²) in [5.74, 6) is -0.263. The maximum absolute atomic E-state index is 13.7. The van der Waals surface area contributed by atoms with Crippen molar-refractivity contribution in [1.82, 2.24) is 10.2 Å². The van der Waals surface area contributed by atoms with Crippen molar-refractivity contribution in [1.29, 1.82) is 0 Å². The largest absolute Gasteiger partial charge is 0.354 e. The number of rotatable bonds is 10. The zero-order valence-electron chi connectivity index (χ0n) is 19.3. The molecule has 5 heteroatoms. The van der Waals surface area contributed by atoms with Crippen molar-refractivity contribution in [3.05, 3.63) is 106 Å². The molecule has 0 aliphatic heterocycles. The fourth-order valence-corrected chi connectivity index (χ4v) is 4.00. The van der Waals surface area contributed by atoms with E-state index in [1.165, 1.54) is 0 Å². The van der Waals surface area contributed by atoms with Crippen molar-refractivity contribution >= 4 is 23.4 Å². The second kappa shape index (κ2) is 12.2. The molecule has 1 N–H and O–H groups in total. The standard InChI is InChI=1S/C28H31ClN2O2/c1-3-17-30-28(33)26(18-22-12-5-4-6-13-22)31(20-24-15-8-7-11-21(24)2)27(32)19-23-14-9-10-16-25(23)29/h4-16,26H,3,17-20H2,1-2H3,(H,30,33). The van der Waals surface area contributed by atoms with Gasteiger partial charge in [0.05, 0.1) is 6.42 Å². The molecule has 3 aromatic carbocycles. The molecule has 0 saturated carbocycles. The van der Waals surface area contributed by atoms with Crippen LogP contribution in [0.2, 0.25) is 5.02 Å². The Hall–Kier alpha value is -3.11. The van der Waals surface area contributed by atoms with E-state index < -0.39 is 6.04 Å². The van der Waals surface area contributed by atoms with Crippen LogP contribution >= 0.6 is 11.6 Å². The Morgan fingerprint density at radius 1 is 0.909 bits per heavy atom. The highest BCUT2D eigenvalue weighted by molar-refractivity contribution is 6.31. The third kappa shape index (κ3) is 6.93. The van der Waals surface area contributed by atoms with Crippen LogP contribution in [0.15, 0.2) is 78.9 Å². The molecule has 0 fully saturated rings. The Morgan fingerprint density at radius 2 is 1.55 bits per heavy atom. The molecule has 0 saturated heterocycles. The van der Waals surface area contributed by atoms with E-state index in [4.69, 9.17) is 11.6 Å². The van der Waals surface area contributed by atoms with E-state index in [1.54, 1.807) is 11.0 Å². The van der Waals surface area contributed by atoms with Gasteiger partial charge >= 0.3 is 0 Å². The maximum Gasteiger partial charge on any atom is 0.243 e. The molecule has 0 aliphatic carbocycles. The van der Waals surface area contributed by atoms with Crippen LogP contribution in [-0.2, 0) is 29.0 Å². The molecule has 0 spiro atoms. The molecule has 2 amide bonds. The van der Waals surface area contributed by atoms with Gasteiger partial charge in [-0.05, 0) is 41.7 Å². The summed E-state index contributed by atoms with van der Waals surface area (Å²) in [4.78, 5) is 28.7. The average molecular weight is 463 g/mol. The van der Waals surface area contributed by atoms with Gasteiger partial charge in [-0.2, -0.15) is 0 Å². The van der Waals surface area contributed by atoms with Crippen LogP contribution in [0.25, 0.3) is 0 Å². The predicted molar refractivity (Wildman–Crippen MR) is 134 cm³/mol. The van der Waals surface area contributed by atoms with Gasteiger partial charge in [0.15, 0.2) is 0 Å². The van der Waals surface area contributed by atoms with Crippen LogP contribution in [0.3, 0.4) is 0 Å². The topological polar surface area (TPSA) is 49.4 Å². The number of hydrogen-bond acceptors (Lipinski definition) is 2. The number of carbonyl (C=O) groups is 2. The molecule has 1 unspecified atom stereocenters. The summed E-state index contributed by atoms with van der Waals surface area (Å²) in [6.45, 7) is 4.96. The summed E-state index contributed by atoms with van der Waals surface area (Å²) in [6, 6.07) is 24.5. The van der Waals surface area contributed by atoms with Gasteiger partial charge < -0.3 is 10.2 Å². The summed E-state index contributed by atoms with van der Waals surface area (Å²) < 4.78 is 0. The van der Waals surface area contributed by atoms with E-state index in [0.717, 1.165) is 28.7 Å². The maximum atomic E-state index is 13.7. The van der Waals surface area contributed by atoms with Crippen molar-refractivity contribution in [2.45, 2.75) is 45.7 Å². The third-order valence-corrected chi connectivity index (χ3v) is 6.09. The van der Waals surface area contributed by atoms with Crippen LogP contribution in [0.4, 0.5) is 0 Å². The number of amides is 2. The van der Waals surface area contributed by atoms with Crippen LogP contribution in [0.1, 0.15) is 35.6 Å². The minimum atomic E-state index is -0.631. The van der Waals surface area contributed by atoms with Gasteiger partial charge in [0.2, 0.25) is 11.8 Å². The summed E-state index contributed by atoms with van der Waals surface area (Å²) in [6.07, 6.45) is 1.41. The van der Waals surface area contributed by atoms with Crippen LogP contribution in [0.5, 0.6) is 0 Å². The van der Waals surface area contributed by atoms with Crippen molar-refractivity contribution in [3.63, 3.8) is 0 Å². The monoisotopic (exact) mass is 462 g/mol. The number of nitrogens with one attached hydrogen (secondary N) is 1. The van der Waals surface area contributed by atoms with Crippen molar-refractivity contribution in [2.75, 3.05) is 6.54 Å². The van der Waals surface area contributed by atoms with E-state index in [-0.39, 0.29) is 18.2 Å². The lowest BCUT2D eigenvalue weighted by atomic mass is 10.0. The fraction of sp³-hybridized carbons (Fsp3) is 0.286. The second-order valence-electron chi connectivity index (χ2n) is 8.21. The molecule has 0 aromatic heterocycles. The van der Waals surface area contributed by atoms with E-state index in [1.807, 2.05) is 86.6 Å². The minimum absolute atomic E-state index is 0.126. The highest BCUT2D eigenvalue weighted by Gasteiger charge is 2.30. The summed E-state index contributed by atoms with van der Waals surface area (Å²) in [5, 5.41) is 3.56. The normalized spacial score (nSPS) is 11.6. The lowest BCUT2D eigenvalue weighted by Gasteiger charge is -2.32. The van der Waals surface area contributed by atoms with Gasteiger partial charge in [0, 0.05) is 24.5 Å². The van der Waals surface area contributed by atoms with Crippen molar-refractivity contribution < 1.29 is 9.59 Å². The molecule has 172 valence electrons. The highest BCUT2D eigenvalue weighted by atomic mass is 35.5. The number of halogens is 1. The molecule has 33 heavy (non-hydrogen) atoms. The predicted octanol–water partition coefficient (Wildman–Crippen LogP) is 5.36. The van der Waals surface area contributed by atoms with E-state index in [0.29, 0.717) is 24.5 Å². The minimum Gasteiger partial charge on any atom is -0.354 e. The smallest absolute Gasteiger partial charge is 0.243 e. The van der Waals surface area contributed by atoms with E-state index in [2.05, 4.69) is 5.32 Å². The molecular weight excluding hydrogens is 432 g/mol. The van der Waals surface area contributed by atoms with Crippen LogP contribution in [-0.4, -0.2) is 29.3 Å². The molecule has 1 atom stereocenters. The first-order chi connectivity index (χ1) is 16.0. The Kier molecular flexibility index (Phi) is 9.08. The van der Waals surface area contributed by atoms with Crippen molar-refractivity contribution in [2.24, 2.45) is 0 Å². The molecule has 3 aromatic rings. The van der Waals surface area contributed by atoms with Crippen molar-refractivity contribution in [3.8, 4) is 0 Å². The van der Waals surface area contributed by atoms with Gasteiger partial charge in [0.1, 0.15) is 6.04 Å². The van der Waals surface area contributed by atoms with Gasteiger partial charge in [-0.3, -0.25) is 9.59 Å². The Balaban J connectivity index is 1.97.